The van der Waals surface area contributed by atoms with E-state index in [0.29, 0.717) is 0 Å². The maximum absolute atomic E-state index is 11.8. The smallest absolute Gasteiger partial charge is 0.382 e. The fraction of sp³-hybridized carbons (Fsp3) is 0.556. The summed E-state index contributed by atoms with van der Waals surface area (Å²) in [7, 11) is 0. The molecular weight excluding hydrogens is 273 g/mol. The molecule has 3 N–H and O–H groups in total. The number of alkyl halides is 3. The van der Waals surface area contributed by atoms with Crippen molar-refractivity contribution in [3.63, 3.8) is 0 Å². The monoisotopic (exact) mass is 284 g/mol. The van der Waals surface area contributed by atoms with Crippen molar-refractivity contribution in [2.24, 2.45) is 0 Å². The second-order valence-corrected chi connectivity index (χ2v) is 3.98. The first-order valence-electron chi connectivity index (χ1n) is 4.96. The van der Waals surface area contributed by atoms with Crippen LogP contribution in [0.15, 0.2) is 6.33 Å². The van der Waals surface area contributed by atoms with Crippen molar-refractivity contribution in [1.29, 1.82) is 0 Å². The molecule has 0 amide bonds. The number of rotatable bonds is 5. The first kappa shape index (κ1) is 14.8. The minimum atomic E-state index is -4.34. The van der Waals surface area contributed by atoms with Gasteiger partial charge in [-0.3, -0.25) is 0 Å². The van der Waals surface area contributed by atoms with Crippen molar-refractivity contribution < 1.29 is 17.9 Å². The third-order valence-electron chi connectivity index (χ3n) is 1.83. The van der Waals surface area contributed by atoms with E-state index in [2.05, 4.69) is 20.0 Å². The van der Waals surface area contributed by atoms with Gasteiger partial charge < -0.3 is 15.8 Å². The van der Waals surface area contributed by atoms with Gasteiger partial charge in [0, 0.05) is 6.04 Å². The SMILES string of the molecule is CC(COCC(F)(F)F)Nc1ncnc(N)c1Cl. The molecule has 9 heteroatoms. The predicted octanol–water partition coefficient (Wildman–Crippen LogP) is 2.09. The van der Waals surface area contributed by atoms with Crippen LogP contribution >= 0.6 is 11.6 Å². The van der Waals surface area contributed by atoms with Crippen molar-refractivity contribution in [2.75, 3.05) is 24.3 Å². The van der Waals surface area contributed by atoms with E-state index in [-0.39, 0.29) is 23.3 Å². The van der Waals surface area contributed by atoms with E-state index in [9.17, 15) is 13.2 Å². The highest BCUT2D eigenvalue weighted by Gasteiger charge is 2.27. The summed E-state index contributed by atoms with van der Waals surface area (Å²) >= 11 is 5.81. The van der Waals surface area contributed by atoms with Crippen LogP contribution in [-0.2, 0) is 4.74 Å². The molecule has 102 valence electrons. The zero-order chi connectivity index (χ0) is 13.8. The molecule has 0 saturated carbocycles. The van der Waals surface area contributed by atoms with Crippen LogP contribution in [0.4, 0.5) is 24.8 Å². The van der Waals surface area contributed by atoms with Crippen molar-refractivity contribution in [3.8, 4) is 0 Å². The highest BCUT2D eigenvalue weighted by atomic mass is 35.5. The first-order valence-corrected chi connectivity index (χ1v) is 5.34. The van der Waals surface area contributed by atoms with Crippen LogP contribution < -0.4 is 11.1 Å². The Morgan fingerprint density at radius 2 is 2.17 bits per heavy atom. The summed E-state index contributed by atoms with van der Waals surface area (Å²) in [5.41, 5.74) is 5.45. The molecule has 1 aromatic heterocycles. The minimum absolute atomic E-state index is 0.0950. The quantitative estimate of drug-likeness (QED) is 0.866. The number of halogens is 4. The molecule has 0 fully saturated rings. The van der Waals surface area contributed by atoms with Gasteiger partial charge in [0.1, 0.15) is 23.8 Å². The molecule has 5 nitrogen and oxygen atoms in total. The van der Waals surface area contributed by atoms with Crippen LogP contribution in [-0.4, -0.2) is 35.4 Å². The molecule has 18 heavy (non-hydrogen) atoms. The summed E-state index contributed by atoms with van der Waals surface area (Å²) in [6.07, 6.45) is -3.14. The molecule has 0 aliphatic heterocycles. The Hall–Kier alpha value is -1.28. The first-order chi connectivity index (χ1) is 8.29. The molecular formula is C9H12ClF3N4O. The van der Waals surface area contributed by atoms with Crippen molar-refractivity contribution >= 4 is 23.2 Å². The van der Waals surface area contributed by atoms with Gasteiger partial charge in [-0.1, -0.05) is 11.6 Å². The lowest BCUT2D eigenvalue weighted by Gasteiger charge is -2.16. The molecule has 0 radical (unpaired) electrons. The average Bonchev–Trinajstić information content (AvgIpc) is 2.23. The Kier molecular flexibility index (Phi) is 4.97. The lowest BCUT2D eigenvalue weighted by molar-refractivity contribution is -0.174. The van der Waals surface area contributed by atoms with E-state index in [1.54, 1.807) is 6.92 Å². The number of nitrogens with one attached hydrogen (secondary N) is 1. The molecule has 0 saturated heterocycles. The van der Waals surface area contributed by atoms with Crippen LogP contribution in [0.3, 0.4) is 0 Å². The topological polar surface area (TPSA) is 73.1 Å². The van der Waals surface area contributed by atoms with Gasteiger partial charge >= 0.3 is 6.18 Å². The molecule has 0 bridgehead atoms. The van der Waals surface area contributed by atoms with Crippen molar-refractivity contribution in [3.05, 3.63) is 11.3 Å². The van der Waals surface area contributed by atoms with Crippen molar-refractivity contribution in [1.82, 2.24) is 9.97 Å². The lowest BCUT2D eigenvalue weighted by atomic mass is 10.3. The van der Waals surface area contributed by atoms with Gasteiger partial charge in [-0.25, -0.2) is 9.97 Å². The van der Waals surface area contributed by atoms with Gasteiger partial charge in [0.05, 0.1) is 6.61 Å². The number of anilines is 2. The highest BCUT2D eigenvalue weighted by molar-refractivity contribution is 6.35. The molecule has 1 rings (SSSR count). The molecule has 0 aliphatic carbocycles. The highest BCUT2D eigenvalue weighted by Crippen LogP contribution is 2.23. The zero-order valence-corrected chi connectivity index (χ0v) is 10.2. The van der Waals surface area contributed by atoms with Crippen LogP contribution in [0.5, 0.6) is 0 Å². The number of aromatic nitrogens is 2. The number of hydrogen-bond donors (Lipinski definition) is 2. The fourth-order valence-electron chi connectivity index (χ4n) is 1.11. The predicted molar refractivity (Wildman–Crippen MR) is 61.4 cm³/mol. The largest absolute Gasteiger partial charge is 0.411 e. The molecule has 1 heterocycles. The zero-order valence-electron chi connectivity index (χ0n) is 9.46. The molecule has 0 spiro atoms. The van der Waals surface area contributed by atoms with Crippen LogP contribution in [0.1, 0.15) is 6.92 Å². The maximum atomic E-state index is 11.8. The Labute approximate surface area is 106 Å². The average molecular weight is 285 g/mol. The Bertz CT molecular complexity index is 402. The van der Waals surface area contributed by atoms with Crippen LogP contribution in [0.25, 0.3) is 0 Å². The second-order valence-electron chi connectivity index (χ2n) is 3.60. The van der Waals surface area contributed by atoms with Crippen LogP contribution in [0.2, 0.25) is 5.02 Å². The molecule has 1 atom stereocenters. The summed E-state index contributed by atoms with van der Waals surface area (Å²) in [5.74, 6) is 0.352. The Balaban J connectivity index is 2.45. The van der Waals surface area contributed by atoms with Gasteiger partial charge in [-0.2, -0.15) is 13.2 Å². The van der Waals surface area contributed by atoms with Crippen LogP contribution in [0, 0.1) is 0 Å². The summed E-state index contributed by atoms with van der Waals surface area (Å²) in [4.78, 5) is 7.48. The molecule has 0 aliphatic rings. The summed E-state index contributed by atoms with van der Waals surface area (Å²) in [6, 6.07) is -0.404. The van der Waals surface area contributed by atoms with E-state index < -0.39 is 18.8 Å². The minimum Gasteiger partial charge on any atom is -0.382 e. The summed E-state index contributed by atoms with van der Waals surface area (Å²) < 4.78 is 40.0. The van der Waals surface area contributed by atoms with Gasteiger partial charge in [0.15, 0.2) is 5.82 Å². The molecule has 0 aromatic carbocycles. The second kappa shape index (κ2) is 6.05. The van der Waals surface area contributed by atoms with E-state index >= 15 is 0 Å². The number of ether oxygens (including phenoxy) is 1. The molecule has 1 aromatic rings. The van der Waals surface area contributed by atoms with E-state index in [1.807, 2.05) is 0 Å². The lowest BCUT2D eigenvalue weighted by Crippen LogP contribution is -2.26. The van der Waals surface area contributed by atoms with Gasteiger partial charge in [-0.05, 0) is 6.92 Å². The van der Waals surface area contributed by atoms with Gasteiger partial charge in [-0.15, -0.1) is 0 Å². The summed E-state index contributed by atoms with van der Waals surface area (Å²) in [6.45, 7) is 0.198. The number of nitrogen functional groups attached to an aromatic ring is 1. The summed E-state index contributed by atoms with van der Waals surface area (Å²) in [5, 5.41) is 2.91. The van der Waals surface area contributed by atoms with E-state index in [1.165, 1.54) is 6.33 Å². The number of nitrogens with two attached hydrogens (primary N) is 1. The van der Waals surface area contributed by atoms with Crippen molar-refractivity contribution in [2.45, 2.75) is 19.1 Å². The Morgan fingerprint density at radius 1 is 1.50 bits per heavy atom. The van der Waals surface area contributed by atoms with Gasteiger partial charge in [0.25, 0.3) is 0 Å². The third kappa shape index (κ3) is 4.92. The molecule has 1 unspecified atom stereocenters. The van der Waals surface area contributed by atoms with Gasteiger partial charge in [0.2, 0.25) is 0 Å². The standard InChI is InChI=1S/C9H12ClF3N4O/c1-5(2-18-3-9(11,12)13)17-8-6(10)7(14)15-4-16-8/h4-5H,2-3H2,1H3,(H3,14,15,16,17). The van der Waals surface area contributed by atoms with E-state index in [0.717, 1.165) is 0 Å². The Morgan fingerprint density at radius 3 is 2.78 bits per heavy atom. The normalized spacial score (nSPS) is 13.4. The fourth-order valence-corrected chi connectivity index (χ4v) is 1.26. The number of hydrogen-bond acceptors (Lipinski definition) is 5. The third-order valence-corrected chi connectivity index (χ3v) is 2.21. The number of nitrogens with zero attached hydrogens (tertiary/aromatic N) is 2. The maximum Gasteiger partial charge on any atom is 0.411 e. The van der Waals surface area contributed by atoms with E-state index in [4.69, 9.17) is 17.3 Å².